The normalized spacial score (nSPS) is 27.9. The molecule has 5 nitrogen and oxygen atoms in total. The number of likely N-dealkylation sites (tertiary alicyclic amines) is 1. The van der Waals surface area contributed by atoms with Gasteiger partial charge in [0.2, 0.25) is 5.92 Å². The second-order valence-electron chi connectivity index (χ2n) is 7.06. The lowest BCUT2D eigenvalue weighted by molar-refractivity contribution is -0.167. The number of nitrogens with one attached hydrogen (secondary N) is 1. The number of halogens is 2. The van der Waals surface area contributed by atoms with Gasteiger partial charge in [-0.15, -0.1) is 0 Å². The molecule has 25 heavy (non-hydrogen) atoms. The van der Waals surface area contributed by atoms with Crippen molar-refractivity contribution >= 4 is 12.3 Å². The number of carboxylic acid groups (broad SMARTS) is 1. The van der Waals surface area contributed by atoms with E-state index < -0.39 is 36.3 Å². The summed E-state index contributed by atoms with van der Waals surface area (Å²) < 4.78 is 27.3. The van der Waals surface area contributed by atoms with E-state index in [2.05, 4.69) is 0 Å². The Balaban J connectivity index is 2.01. The Morgan fingerprint density at radius 1 is 1.36 bits per heavy atom. The van der Waals surface area contributed by atoms with Crippen LogP contribution in [0.3, 0.4) is 0 Å². The van der Waals surface area contributed by atoms with Gasteiger partial charge in [0.1, 0.15) is 0 Å². The minimum absolute atomic E-state index is 0.0264. The van der Waals surface area contributed by atoms with Crippen molar-refractivity contribution in [3.8, 4) is 0 Å². The van der Waals surface area contributed by atoms with Gasteiger partial charge in [-0.05, 0) is 24.0 Å². The van der Waals surface area contributed by atoms with Crippen LogP contribution in [0.15, 0.2) is 24.3 Å². The fraction of sp³-hybridized carbons (Fsp3) is 0.556. The van der Waals surface area contributed by atoms with Crippen molar-refractivity contribution in [1.82, 2.24) is 4.90 Å². The predicted molar refractivity (Wildman–Crippen MR) is 88.0 cm³/mol. The molecule has 0 spiro atoms. The van der Waals surface area contributed by atoms with Gasteiger partial charge >= 0.3 is 5.97 Å². The minimum Gasteiger partial charge on any atom is -0.479 e. The molecule has 0 unspecified atom stereocenters. The summed E-state index contributed by atoms with van der Waals surface area (Å²) in [6.07, 6.45) is 0.912. The molecule has 1 heterocycles. The van der Waals surface area contributed by atoms with Gasteiger partial charge < -0.3 is 15.1 Å². The van der Waals surface area contributed by atoms with Crippen LogP contribution in [0, 0.1) is 11.3 Å². The zero-order chi connectivity index (χ0) is 18.2. The van der Waals surface area contributed by atoms with Crippen molar-refractivity contribution in [2.75, 3.05) is 13.1 Å². The zero-order valence-corrected chi connectivity index (χ0v) is 13.8. The second kappa shape index (κ2) is 6.37. The first kappa shape index (κ1) is 17.8. The first-order valence-corrected chi connectivity index (χ1v) is 8.45. The standard InChI is InChI=1S/C18H22F2N2O3/c19-17(20)7-5-13(9-17)18(25,16(23)24)15-4-2-1-3-14(15)12-6-8-22(10-12)11-21/h1-4,11-13,21,25H,5-10H2,(H,23,24)/t12-,13+,18+/m0/s1. The lowest BCUT2D eigenvalue weighted by atomic mass is 9.76. The third-order valence-corrected chi connectivity index (χ3v) is 5.53. The van der Waals surface area contributed by atoms with E-state index in [9.17, 15) is 23.8 Å². The Morgan fingerprint density at radius 2 is 2.08 bits per heavy atom. The fourth-order valence-electron chi connectivity index (χ4n) is 4.17. The van der Waals surface area contributed by atoms with Crippen LogP contribution >= 0.6 is 0 Å². The second-order valence-corrected chi connectivity index (χ2v) is 7.06. The molecule has 0 radical (unpaired) electrons. The average Bonchev–Trinajstić information content (AvgIpc) is 3.20. The monoisotopic (exact) mass is 352 g/mol. The average molecular weight is 352 g/mol. The van der Waals surface area contributed by atoms with Crippen molar-refractivity contribution in [2.24, 2.45) is 5.92 Å². The molecule has 3 atom stereocenters. The molecule has 1 saturated heterocycles. The molecule has 0 amide bonds. The summed E-state index contributed by atoms with van der Waals surface area (Å²) in [4.78, 5) is 13.8. The molecule has 136 valence electrons. The molecule has 3 N–H and O–H groups in total. The molecule has 2 fully saturated rings. The van der Waals surface area contributed by atoms with E-state index in [1.807, 2.05) is 4.90 Å². The van der Waals surface area contributed by atoms with Crippen LogP contribution in [0.2, 0.25) is 0 Å². The van der Waals surface area contributed by atoms with Crippen LogP contribution in [0.1, 0.15) is 42.7 Å². The number of nitrogens with zero attached hydrogens (tertiary/aromatic N) is 1. The quantitative estimate of drug-likeness (QED) is 0.562. The van der Waals surface area contributed by atoms with Gasteiger partial charge in [0, 0.05) is 37.8 Å². The highest BCUT2D eigenvalue weighted by atomic mass is 19.3. The van der Waals surface area contributed by atoms with Gasteiger partial charge in [-0.2, -0.15) is 0 Å². The van der Waals surface area contributed by atoms with E-state index in [0.29, 0.717) is 18.7 Å². The Labute approximate surface area is 144 Å². The van der Waals surface area contributed by atoms with Crippen molar-refractivity contribution < 1.29 is 23.8 Å². The van der Waals surface area contributed by atoms with Crippen LogP contribution in [-0.2, 0) is 10.4 Å². The van der Waals surface area contributed by atoms with Gasteiger partial charge in [-0.25, -0.2) is 13.6 Å². The van der Waals surface area contributed by atoms with E-state index in [1.165, 1.54) is 12.4 Å². The molecule has 1 saturated carbocycles. The number of carboxylic acids is 1. The van der Waals surface area contributed by atoms with E-state index >= 15 is 0 Å². The topological polar surface area (TPSA) is 84.6 Å². The van der Waals surface area contributed by atoms with E-state index in [1.54, 1.807) is 18.2 Å². The number of hydrogen-bond donors (Lipinski definition) is 3. The summed E-state index contributed by atoms with van der Waals surface area (Å²) >= 11 is 0. The molecule has 1 aliphatic carbocycles. The highest BCUT2D eigenvalue weighted by Crippen LogP contribution is 2.49. The molecule has 1 aliphatic heterocycles. The van der Waals surface area contributed by atoms with Gasteiger partial charge in [0.25, 0.3) is 0 Å². The predicted octanol–water partition coefficient (Wildman–Crippen LogP) is 2.79. The number of rotatable bonds is 5. The molecule has 0 bridgehead atoms. The van der Waals surface area contributed by atoms with Gasteiger partial charge in [0.15, 0.2) is 5.60 Å². The number of hydrogen-bond acceptors (Lipinski definition) is 3. The number of benzene rings is 1. The van der Waals surface area contributed by atoms with Gasteiger partial charge in [-0.1, -0.05) is 24.3 Å². The largest absolute Gasteiger partial charge is 0.479 e. The Morgan fingerprint density at radius 3 is 2.64 bits per heavy atom. The summed E-state index contributed by atoms with van der Waals surface area (Å²) in [5, 5.41) is 28.2. The first-order valence-electron chi connectivity index (χ1n) is 8.45. The molecule has 3 rings (SSSR count). The molecule has 0 aromatic heterocycles. The molecule has 1 aromatic rings. The first-order chi connectivity index (χ1) is 11.8. The number of aliphatic carboxylic acids is 1. The zero-order valence-electron chi connectivity index (χ0n) is 13.8. The van der Waals surface area contributed by atoms with Crippen molar-refractivity contribution in [3.63, 3.8) is 0 Å². The van der Waals surface area contributed by atoms with E-state index in [4.69, 9.17) is 5.41 Å². The van der Waals surface area contributed by atoms with Gasteiger partial charge in [-0.3, -0.25) is 5.41 Å². The molecule has 7 heteroatoms. The minimum atomic E-state index is -2.94. The van der Waals surface area contributed by atoms with E-state index in [0.717, 1.165) is 6.42 Å². The summed E-state index contributed by atoms with van der Waals surface area (Å²) in [5.41, 5.74) is -1.44. The summed E-state index contributed by atoms with van der Waals surface area (Å²) in [6.45, 7) is 1.23. The number of alkyl halides is 2. The maximum absolute atomic E-state index is 13.7. The summed E-state index contributed by atoms with van der Waals surface area (Å²) in [6, 6.07) is 6.68. The maximum Gasteiger partial charge on any atom is 0.340 e. The Bertz CT molecular complexity index is 682. The van der Waals surface area contributed by atoms with Crippen molar-refractivity contribution in [2.45, 2.75) is 43.1 Å². The number of aliphatic hydroxyl groups is 1. The lowest BCUT2D eigenvalue weighted by Crippen LogP contribution is -2.43. The Hall–Kier alpha value is -2.02. The van der Waals surface area contributed by atoms with Crippen LogP contribution in [-0.4, -0.2) is 46.4 Å². The van der Waals surface area contributed by atoms with E-state index in [-0.39, 0.29) is 17.9 Å². The molecular weight excluding hydrogens is 330 g/mol. The smallest absolute Gasteiger partial charge is 0.340 e. The molecular formula is C18H22F2N2O3. The summed E-state index contributed by atoms with van der Waals surface area (Å²) in [5.74, 6) is -5.48. The maximum atomic E-state index is 13.7. The number of carbonyl (C=O) groups is 1. The third kappa shape index (κ3) is 3.13. The van der Waals surface area contributed by atoms with Crippen LogP contribution in [0.4, 0.5) is 8.78 Å². The highest BCUT2D eigenvalue weighted by Gasteiger charge is 2.54. The van der Waals surface area contributed by atoms with Crippen molar-refractivity contribution in [3.05, 3.63) is 35.4 Å². The third-order valence-electron chi connectivity index (χ3n) is 5.53. The van der Waals surface area contributed by atoms with Gasteiger partial charge in [0.05, 0.1) is 6.34 Å². The van der Waals surface area contributed by atoms with Crippen LogP contribution < -0.4 is 0 Å². The molecule has 2 aliphatic rings. The lowest BCUT2D eigenvalue weighted by Gasteiger charge is -2.33. The fourth-order valence-corrected chi connectivity index (χ4v) is 4.17. The molecule has 1 aromatic carbocycles. The van der Waals surface area contributed by atoms with Crippen LogP contribution in [0.5, 0.6) is 0 Å². The SMILES string of the molecule is N=CN1CC[C@H](c2ccccc2[C@@](O)(C(=O)O)[C@@H]2CCC(F)(F)C2)C1. The Kier molecular flexibility index (Phi) is 4.53. The van der Waals surface area contributed by atoms with Crippen LogP contribution in [0.25, 0.3) is 0 Å². The summed E-state index contributed by atoms with van der Waals surface area (Å²) in [7, 11) is 0. The van der Waals surface area contributed by atoms with Crippen molar-refractivity contribution in [1.29, 1.82) is 5.41 Å². The highest BCUT2D eigenvalue weighted by molar-refractivity contribution is 5.80.